The molecule has 0 aliphatic rings. The zero-order valence-corrected chi connectivity index (χ0v) is 11.8. The van der Waals surface area contributed by atoms with E-state index in [-0.39, 0.29) is 0 Å². The van der Waals surface area contributed by atoms with Crippen molar-refractivity contribution in [1.82, 2.24) is 0 Å². The van der Waals surface area contributed by atoms with Gasteiger partial charge in [-0.15, -0.1) is 0 Å². The van der Waals surface area contributed by atoms with Crippen molar-refractivity contribution in [2.24, 2.45) is 0 Å². The molecular formula is C13H20ClNO3. The topological polar surface area (TPSA) is 39.7 Å². The van der Waals surface area contributed by atoms with Gasteiger partial charge in [0.2, 0.25) is 0 Å². The predicted octanol–water partition coefficient (Wildman–Crippen LogP) is 3.20. The van der Waals surface area contributed by atoms with Crippen molar-refractivity contribution >= 4 is 17.3 Å². The summed E-state index contributed by atoms with van der Waals surface area (Å²) in [6.45, 7) is 4.23. The number of benzene rings is 1. The highest BCUT2D eigenvalue weighted by atomic mass is 35.5. The van der Waals surface area contributed by atoms with Gasteiger partial charge in [-0.2, -0.15) is 0 Å². The molecule has 18 heavy (non-hydrogen) atoms. The Balaban J connectivity index is 2.62. The van der Waals surface area contributed by atoms with Gasteiger partial charge in [-0.3, -0.25) is 0 Å². The van der Waals surface area contributed by atoms with Crippen LogP contribution in [0.3, 0.4) is 0 Å². The lowest BCUT2D eigenvalue weighted by molar-refractivity contribution is 0.144. The Hall–Kier alpha value is -1.13. The van der Waals surface area contributed by atoms with Crippen molar-refractivity contribution in [1.29, 1.82) is 0 Å². The molecule has 0 heterocycles. The van der Waals surface area contributed by atoms with Gasteiger partial charge < -0.3 is 19.5 Å². The lowest BCUT2D eigenvalue weighted by atomic mass is 10.2. The second kappa shape index (κ2) is 8.06. The van der Waals surface area contributed by atoms with E-state index in [1.807, 2.05) is 6.07 Å². The Morgan fingerprint density at radius 2 is 1.83 bits per heavy atom. The SMILES string of the molecule is CCCOCCNc1cc(OC)c(Cl)cc1OC. The fourth-order valence-corrected chi connectivity index (χ4v) is 1.73. The van der Waals surface area contributed by atoms with E-state index in [4.69, 9.17) is 25.8 Å². The van der Waals surface area contributed by atoms with Crippen LogP contribution >= 0.6 is 11.6 Å². The summed E-state index contributed by atoms with van der Waals surface area (Å²) in [5, 5.41) is 3.77. The fraction of sp³-hybridized carbons (Fsp3) is 0.538. The molecule has 1 aromatic rings. The fourth-order valence-electron chi connectivity index (χ4n) is 1.50. The minimum atomic E-state index is 0.530. The summed E-state index contributed by atoms with van der Waals surface area (Å²) in [4.78, 5) is 0. The lowest BCUT2D eigenvalue weighted by Crippen LogP contribution is -2.10. The van der Waals surface area contributed by atoms with Crippen LogP contribution in [0.2, 0.25) is 5.02 Å². The van der Waals surface area contributed by atoms with Crippen LogP contribution in [0.4, 0.5) is 5.69 Å². The highest BCUT2D eigenvalue weighted by molar-refractivity contribution is 6.32. The predicted molar refractivity (Wildman–Crippen MR) is 74.2 cm³/mol. The molecule has 102 valence electrons. The molecule has 4 nitrogen and oxygen atoms in total. The number of halogens is 1. The average molecular weight is 274 g/mol. The van der Waals surface area contributed by atoms with Crippen LogP contribution in [0.25, 0.3) is 0 Å². The third-order valence-corrected chi connectivity index (χ3v) is 2.68. The average Bonchev–Trinajstić information content (AvgIpc) is 2.39. The second-order valence-corrected chi connectivity index (χ2v) is 4.13. The molecule has 0 saturated carbocycles. The van der Waals surface area contributed by atoms with E-state index in [1.165, 1.54) is 0 Å². The molecule has 0 bridgehead atoms. The molecule has 1 rings (SSSR count). The minimum Gasteiger partial charge on any atom is -0.495 e. The van der Waals surface area contributed by atoms with Gasteiger partial charge in [0, 0.05) is 25.3 Å². The first-order chi connectivity index (χ1) is 8.72. The molecule has 0 saturated heterocycles. The van der Waals surface area contributed by atoms with E-state index in [0.717, 1.165) is 18.7 Å². The molecular weight excluding hydrogens is 254 g/mol. The third-order valence-electron chi connectivity index (χ3n) is 2.38. The molecule has 0 unspecified atom stereocenters. The summed E-state index contributed by atoms with van der Waals surface area (Å²) >= 11 is 6.03. The smallest absolute Gasteiger partial charge is 0.143 e. The van der Waals surface area contributed by atoms with Crippen molar-refractivity contribution in [2.75, 3.05) is 39.3 Å². The van der Waals surface area contributed by atoms with Crippen molar-refractivity contribution in [3.63, 3.8) is 0 Å². The Labute approximate surface area is 113 Å². The van der Waals surface area contributed by atoms with Crippen LogP contribution in [0, 0.1) is 0 Å². The monoisotopic (exact) mass is 273 g/mol. The summed E-state index contributed by atoms with van der Waals surface area (Å²) in [6, 6.07) is 3.55. The first-order valence-electron chi connectivity index (χ1n) is 5.96. The van der Waals surface area contributed by atoms with Gasteiger partial charge in [0.1, 0.15) is 11.5 Å². The molecule has 0 aliphatic heterocycles. The lowest BCUT2D eigenvalue weighted by Gasteiger charge is -2.13. The van der Waals surface area contributed by atoms with Gasteiger partial charge in [0.05, 0.1) is 31.5 Å². The zero-order chi connectivity index (χ0) is 13.4. The van der Waals surface area contributed by atoms with E-state index in [1.54, 1.807) is 20.3 Å². The van der Waals surface area contributed by atoms with Crippen molar-refractivity contribution in [3.05, 3.63) is 17.2 Å². The first-order valence-corrected chi connectivity index (χ1v) is 6.33. The Morgan fingerprint density at radius 1 is 1.11 bits per heavy atom. The van der Waals surface area contributed by atoms with Crippen LogP contribution in [0.15, 0.2) is 12.1 Å². The number of rotatable bonds is 8. The highest BCUT2D eigenvalue weighted by Gasteiger charge is 2.09. The maximum Gasteiger partial charge on any atom is 0.143 e. The normalized spacial score (nSPS) is 10.2. The second-order valence-electron chi connectivity index (χ2n) is 3.73. The molecule has 1 aromatic carbocycles. The van der Waals surface area contributed by atoms with Gasteiger partial charge in [0.15, 0.2) is 0 Å². The third kappa shape index (κ3) is 4.27. The summed E-state index contributed by atoms with van der Waals surface area (Å²) in [5.41, 5.74) is 0.846. The van der Waals surface area contributed by atoms with Gasteiger partial charge >= 0.3 is 0 Å². The molecule has 0 aliphatic carbocycles. The maximum atomic E-state index is 6.03. The summed E-state index contributed by atoms with van der Waals surface area (Å²) in [5.74, 6) is 1.31. The van der Waals surface area contributed by atoms with Gasteiger partial charge in [-0.05, 0) is 6.42 Å². The number of methoxy groups -OCH3 is 2. The Morgan fingerprint density at radius 3 is 2.44 bits per heavy atom. The zero-order valence-electron chi connectivity index (χ0n) is 11.1. The molecule has 0 fully saturated rings. The number of anilines is 1. The van der Waals surface area contributed by atoms with Gasteiger partial charge in [-0.25, -0.2) is 0 Å². The summed E-state index contributed by atoms with van der Waals surface area (Å²) < 4.78 is 15.8. The standard InChI is InChI=1S/C13H20ClNO3/c1-4-6-18-7-5-15-11-9-12(16-2)10(14)8-13(11)17-3/h8-9,15H,4-7H2,1-3H3. The number of hydrogen-bond donors (Lipinski definition) is 1. The molecule has 0 spiro atoms. The van der Waals surface area contributed by atoms with Crippen molar-refractivity contribution < 1.29 is 14.2 Å². The quantitative estimate of drug-likeness (QED) is 0.739. The van der Waals surface area contributed by atoms with E-state index in [9.17, 15) is 0 Å². The van der Waals surface area contributed by atoms with Crippen LogP contribution in [0.1, 0.15) is 13.3 Å². The van der Waals surface area contributed by atoms with E-state index < -0.39 is 0 Å². The number of hydrogen-bond acceptors (Lipinski definition) is 4. The molecule has 0 amide bonds. The first kappa shape index (κ1) is 14.9. The highest BCUT2D eigenvalue weighted by Crippen LogP contribution is 2.35. The maximum absolute atomic E-state index is 6.03. The molecule has 0 aromatic heterocycles. The van der Waals surface area contributed by atoms with Gasteiger partial charge in [0.25, 0.3) is 0 Å². The minimum absolute atomic E-state index is 0.530. The van der Waals surface area contributed by atoms with E-state index in [0.29, 0.717) is 29.7 Å². The van der Waals surface area contributed by atoms with Crippen molar-refractivity contribution in [2.45, 2.75) is 13.3 Å². The Kier molecular flexibility index (Phi) is 6.68. The molecule has 5 heteroatoms. The van der Waals surface area contributed by atoms with Crippen LogP contribution in [-0.2, 0) is 4.74 Å². The largest absolute Gasteiger partial charge is 0.495 e. The number of nitrogens with one attached hydrogen (secondary N) is 1. The van der Waals surface area contributed by atoms with Crippen molar-refractivity contribution in [3.8, 4) is 11.5 Å². The van der Waals surface area contributed by atoms with E-state index >= 15 is 0 Å². The van der Waals surface area contributed by atoms with Crippen LogP contribution in [-0.4, -0.2) is 34.0 Å². The van der Waals surface area contributed by atoms with Crippen LogP contribution < -0.4 is 14.8 Å². The molecule has 0 radical (unpaired) electrons. The number of ether oxygens (including phenoxy) is 3. The van der Waals surface area contributed by atoms with Crippen LogP contribution in [0.5, 0.6) is 11.5 Å². The summed E-state index contributed by atoms with van der Waals surface area (Å²) in [6.07, 6.45) is 1.03. The summed E-state index contributed by atoms with van der Waals surface area (Å²) in [7, 11) is 3.19. The van der Waals surface area contributed by atoms with Gasteiger partial charge in [-0.1, -0.05) is 18.5 Å². The van der Waals surface area contributed by atoms with E-state index in [2.05, 4.69) is 12.2 Å². The Bertz CT molecular complexity index is 371. The molecule has 1 N–H and O–H groups in total. The molecule has 0 atom stereocenters.